The third-order valence-corrected chi connectivity index (χ3v) is 2.97. The minimum absolute atomic E-state index is 0.628. The number of methoxy groups -OCH3 is 1. The normalized spacial score (nSPS) is 12.7. The van der Waals surface area contributed by atoms with Crippen molar-refractivity contribution < 1.29 is 4.74 Å². The summed E-state index contributed by atoms with van der Waals surface area (Å²) in [7, 11) is 3.32. The van der Waals surface area contributed by atoms with E-state index in [0.717, 1.165) is 17.0 Å². The van der Waals surface area contributed by atoms with Crippen LogP contribution in [0.3, 0.4) is 0 Å². The topological polar surface area (TPSA) is 58.0 Å². The van der Waals surface area contributed by atoms with Gasteiger partial charge in [0.05, 0.1) is 25.2 Å². The third-order valence-electron chi connectivity index (χ3n) is 2.97. The average molecular weight is 336 g/mol. The van der Waals surface area contributed by atoms with Crippen LogP contribution in [0.1, 0.15) is 5.56 Å². The van der Waals surface area contributed by atoms with Crippen molar-refractivity contribution in [1.29, 1.82) is 0 Å². The SMILES string of the molecule is C=C/C=C\C=C\NC(C=N/C=C(\NC=C)c1cccc(OC)c1)=NC. The maximum absolute atomic E-state index is 5.25. The number of benzene rings is 1. The van der Waals surface area contributed by atoms with E-state index < -0.39 is 0 Å². The fraction of sp³-hybridized carbons (Fsp3) is 0.100. The molecule has 0 aliphatic rings. The quantitative estimate of drug-likeness (QED) is 0.411. The monoisotopic (exact) mass is 336 g/mol. The molecule has 5 heteroatoms. The Morgan fingerprint density at radius 2 is 2.00 bits per heavy atom. The van der Waals surface area contributed by atoms with E-state index in [9.17, 15) is 0 Å². The Kier molecular flexibility index (Phi) is 9.56. The second-order valence-electron chi connectivity index (χ2n) is 4.63. The average Bonchev–Trinajstić information content (AvgIpc) is 2.65. The predicted octanol–water partition coefficient (Wildman–Crippen LogP) is 3.67. The fourth-order valence-corrected chi connectivity index (χ4v) is 1.77. The molecule has 2 N–H and O–H groups in total. The molecular weight excluding hydrogens is 312 g/mol. The van der Waals surface area contributed by atoms with Crippen molar-refractivity contribution in [3.8, 4) is 5.75 Å². The highest BCUT2D eigenvalue weighted by atomic mass is 16.5. The maximum atomic E-state index is 5.25. The highest BCUT2D eigenvalue weighted by molar-refractivity contribution is 6.29. The molecule has 0 aromatic heterocycles. The van der Waals surface area contributed by atoms with Crippen LogP contribution in [0.15, 0.2) is 90.3 Å². The molecule has 0 saturated heterocycles. The van der Waals surface area contributed by atoms with Gasteiger partial charge in [-0.15, -0.1) is 0 Å². The van der Waals surface area contributed by atoms with E-state index in [-0.39, 0.29) is 0 Å². The first-order valence-electron chi connectivity index (χ1n) is 7.68. The smallest absolute Gasteiger partial charge is 0.143 e. The fourth-order valence-electron chi connectivity index (χ4n) is 1.77. The van der Waals surface area contributed by atoms with Crippen LogP contribution in [-0.2, 0) is 0 Å². The summed E-state index contributed by atoms with van der Waals surface area (Å²) in [5, 5.41) is 6.11. The van der Waals surface area contributed by atoms with Crippen molar-refractivity contribution in [2.45, 2.75) is 0 Å². The molecule has 0 aliphatic carbocycles. The highest BCUT2D eigenvalue weighted by Crippen LogP contribution is 2.18. The van der Waals surface area contributed by atoms with E-state index in [0.29, 0.717) is 5.84 Å². The van der Waals surface area contributed by atoms with Gasteiger partial charge in [0, 0.05) is 18.8 Å². The van der Waals surface area contributed by atoms with E-state index in [1.54, 1.807) is 45.0 Å². The second kappa shape index (κ2) is 12.1. The molecule has 0 saturated carbocycles. The van der Waals surface area contributed by atoms with Gasteiger partial charge >= 0.3 is 0 Å². The number of nitrogens with zero attached hydrogens (tertiary/aromatic N) is 2. The lowest BCUT2D eigenvalue weighted by atomic mass is 10.1. The molecule has 0 spiro atoms. The summed E-state index contributed by atoms with van der Waals surface area (Å²) in [6.45, 7) is 7.30. The number of nitrogens with one attached hydrogen (secondary N) is 2. The minimum Gasteiger partial charge on any atom is -0.497 e. The molecule has 5 nitrogen and oxygen atoms in total. The van der Waals surface area contributed by atoms with Crippen LogP contribution in [0.2, 0.25) is 0 Å². The molecule has 1 rings (SSSR count). The van der Waals surface area contributed by atoms with Gasteiger partial charge in [-0.3, -0.25) is 9.98 Å². The summed E-state index contributed by atoms with van der Waals surface area (Å²) in [4.78, 5) is 8.43. The van der Waals surface area contributed by atoms with Gasteiger partial charge in [0.25, 0.3) is 0 Å². The molecule has 0 radical (unpaired) electrons. The van der Waals surface area contributed by atoms with E-state index in [4.69, 9.17) is 4.74 Å². The van der Waals surface area contributed by atoms with E-state index in [1.165, 1.54) is 0 Å². The maximum Gasteiger partial charge on any atom is 0.143 e. The Bertz CT molecular complexity index is 712. The first kappa shape index (κ1) is 19.7. The van der Waals surface area contributed by atoms with Crippen LogP contribution >= 0.6 is 0 Å². The summed E-state index contributed by atoms with van der Waals surface area (Å²) in [6, 6.07) is 7.68. The number of amidine groups is 1. The number of rotatable bonds is 9. The zero-order chi connectivity index (χ0) is 18.3. The van der Waals surface area contributed by atoms with Crippen molar-refractivity contribution >= 4 is 17.7 Å². The van der Waals surface area contributed by atoms with E-state index in [2.05, 4.69) is 33.8 Å². The molecule has 0 amide bonds. The molecule has 1 aromatic rings. The van der Waals surface area contributed by atoms with Gasteiger partial charge in [-0.2, -0.15) is 0 Å². The standard InChI is InChI=1S/C20H24N4O/c1-5-7-8-9-13-24-20(21-3)16-22-15-19(23-6-2)17-11-10-12-18(14-17)25-4/h5-16,23H,1-2H2,3-4H3,(H,21,24)/b8-7-,13-9+,19-15-,22-16?. The summed E-state index contributed by atoms with van der Waals surface area (Å²) in [5.74, 6) is 1.40. The highest BCUT2D eigenvalue weighted by Gasteiger charge is 2.01. The summed E-state index contributed by atoms with van der Waals surface area (Å²) in [6.07, 6.45) is 13.9. The first-order valence-corrected chi connectivity index (χ1v) is 7.68. The van der Waals surface area contributed by atoms with Gasteiger partial charge in [0.15, 0.2) is 0 Å². The van der Waals surface area contributed by atoms with Crippen LogP contribution in [0.4, 0.5) is 0 Å². The van der Waals surface area contributed by atoms with Crippen molar-refractivity contribution in [1.82, 2.24) is 10.6 Å². The second-order valence-corrected chi connectivity index (χ2v) is 4.63. The molecule has 0 heterocycles. The van der Waals surface area contributed by atoms with E-state index >= 15 is 0 Å². The summed E-state index contributed by atoms with van der Waals surface area (Å²) < 4.78 is 5.25. The lowest BCUT2D eigenvalue weighted by Crippen LogP contribution is -2.18. The number of aliphatic imine (C=N–C) groups is 2. The van der Waals surface area contributed by atoms with Crippen molar-refractivity contribution in [2.24, 2.45) is 9.98 Å². The van der Waals surface area contributed by atoms with Gasteiger partial charge in [-0.1, -0.05) is 43.5 Å². The molecule has 0 fully saturated rings. The van der Waals surface area contributed by atoms with Crippen LogP contribution in [0.25, 0.3) is 5.70 Å². The van der Waals surface area contributed by atoms with Gasteiger partial charge < -0.3 is 15.4 Å². The molecule has 25 heavy (non-hydrogen) atoms. The predicted molar refractivity (Wildman–Crippen MR) is 108 cm³/mol. The number of ether oxygens (including phenoxy) is 1. The van der Waals surface area contributed by atoms with E-state index in [1.807, 2.05) is 42.5 Å². The molecular formula is C20H24N4O. The van der Waals surface area contributed by atoms with Gasteiger partial charge in [0.1, 0.15) is 11.6 Å². The zero-order valence-corrected chi connectivity index (χ0v) is 14.6. The lowest BCUT2D eigenvalue weighted by molar-refractivity contribution is 0.414. The first-order chi connectivity index (χ1) is 12.2. The Morgan fingerprint density at radius 3 is 2.68 bits per heavy atom. The van der Waals surface area contributed by atoms with Gasteiger partial charge in [-0.25, -0.2) is 0 Å². The zero-order valence-electron chi connectivity index (χ0n) is 14.6. The van der Waals surface area contributed by atoms with Crippen molar-refractivity contribution in [2.75, 3.05) is 14.2 Å². The van der Waals surface area contributed by atoms with Gasteiger partial charge in [-0.05, 0) is 24.4 Å². The summed E-state index contributed by atoms with van der Waals surface area (Å²) in [5.41, 5.74) is 1.74. The Hall–Kier alpha value is -3.34. The minimum atomic E-state index is 0.628. The van der Waals surface area contributed by atoms with Crippen LogP contribution in [0, 0.1) is 0 Å². The van der Waals surface area contributed by atoms with Crippen LogP contribution in [0.5, 0.6) is 5.75 Å². The van der Waals surface area contributed by atoms with Crippen LogP contribution in [-0.4, -0.2) is 26.2 Å². The number of hydrogen-bond donors (Lipinski definition) is 2. The molecule has 0 atom stereocenters. The molecule has 130 valence electrons. The van der Waals surface area contributed by atoms with Gasteiger partial charge in [0.2, 0.25) is 0 Å². The number of hydrogen-bond acceptors (Lipinski definition) is 4. The summed E-state index contributed by atoms with van der Waals surface area (Å²) >= 11 is 0. The van der Waals surface area contributed by atoms with Crippen LogP contribution < -0.4 is 15.4 Å². The third kappa shape index (κ3) is 7.65. The van der Waals surface area contributed by atoms with Crippen molar-refractivity contribution in [3.05, 3.63) is 85.9 Å². The molecule has 0 bridgehead atoms. The number of allylic oxidation sites excluding steroid dienone is 4. The largest absolute Gasteiger partial charge is 0.497 e. The lowest BCUT2D eigenvalue weighted by Gasteiger charge is -2.08. The van der Waals surface area contributed by atoms with Crippen molar-refractivity contribution in [3.63, 3.8) is 0 Å². The molecule has 1 aromatic carbocycles. The Morgan fingerprint density at radius 1 is 1.16 bits per heavy atom. The molecule has 0 unspecified atom stereocenters. The molecule has 0 aliphatic heterocycles. The Labute approximate surface area is 149 Å². The Balaban J connectivity index is 2.85.